The van der Waals surface area contributed by atoms with Crippen molar-refractivity contribution in [3.8, 4) is 5.75 Å². The number of carbonyl (C=O) groups excluding carboxylic acids is 1. The molecule has 1 saturated heterocycles. The highest BCUT2D eigenvalue weighted by molar-refractivity contribution is 5.93. The Kier molecular flexibility index (Phi) is 5.70. The number of hydrogen-bond acceptors (Lipinski definition) is 4. The summed E-state index contributed by atoms with van der Waals surface area (Å²) in [5, 5.41) is 6.84. The van der Waals surface area contributed by atoms with Crippen LogP contribution in [0.15, 0.2) is 48.5 Å². The second-order valence-corrected chi connectivity index (χ2v) is 7.53. The maximum Gasteiger partial charge on any atom is 0.319 e. The zero-order valence-electron chi connectivity index (χ0n) is 17.1. The Morgan fingerprint density at radius 3 is 2.57 bits per heavy atom. The van der Waals surface area contributed by atoms with Gasteiger partial charge in [-0.25, -0.2) is 9.18 Å². The van der Waals surface area contributed by atoms with Crippen molar-refractivity contribution < 1.29 is 13.9 Å². The van der Waals surface area contributed by atoms with E-state index in [1.807, 2.05) is 25.1 Å². The van der Waals surface area contributed by atoms with Gasteiger partial charge >= 0.3 is 6.03 Å². The van der Waals surface area contributed by atoms with Gasteiger partial charge < -0.3 is 20.3 Å². The van der Waals surface area contributed by atoms with Crippen LogP contribution >= 0.6 is 0 Å². The maximum absolute atomic E-state index is 13.0. The molecule has 2 amide bonds. The predicted octanol–water partition coefficient (Wildman–Crippen LogP) is 4.48. The number of aromatic nitrogens is 1. The second kappa shape index (κ2) is 8.57. The number of nitrogens with one attached hydrogen (secondary N) is 2. The third-order valence-corrected chi connectivity index (χ3v) is 5.40. The third kappa shape index (κ3) is 4.45. The number of aryl methyl sites for hydroxylation is 1. The van der Waals surface area contributed by atoms with Crippen molar-refractivity contribution in [3.63, 3.8) is 0 Å². The number of benzene rings is 2. The summed E-state index contributed by atoms with van der Waals surface area (Å²) in [6, 6.07) is 13.6. The largest absolute Gasteiger partial charge is 0.497 e. The number of pyridine rings is 1. The first-order chi connectivity index (χ1) is 14.5. The van der Waals surface area contributed by atoms with Crippen LogP contribution < -0.4 is 20.3 Å². The molecule has 0 atom stereocenters. The van der Waals surface area contributed by atoms with E-state index in [0.29, 0.717) is 5.69 Å². The van der Waals surface area contributed by atoms with E-state index < -0.39 is 0 Å². The van der Waals surface area contributed by atoms with Gasteiger partial charge in [-0.2, -0.15) is 0 Å². The van der Waals surface area contributed by atoms with Crippen LogP contribution in [-0.4, -0.2) is 37.3 Å². The smallest absolute Gasteiger partial charge is 0.319 e. The Morgan fingerprint density at radius 2 is 1.87 bits per heavy atom. The first-order valence-corrected chi connectivity index (χ1v) is 10.1. The second-order valence-electron chi connectivity index (χ2n) is 7.53. The van der Waals surface area contributed by atoms with Gasteiger partial charge in [-0.05, 0) is 68.3 Å². The summed E-state index contributed by atoms with van der Waals surface area (Å²) in [5.41, 5.74) is 3.64. The Hall–Kier alpha value is -3.35. The average molecular weight is 408 g/mol. The van der Waals surface area contributed by atoms with Crippen molar-refractivity contribution in [2.45, 2.75) is 25.8 Å². The lowest BCUT2D eigenvalue weighted by molar-refractivity contribution is 0.246. The number of urea groups is 1. The number of anilines is 2. The molecule has 2 N–H and O–H groups in total. The molecular weight excluding hydrogens is 383 g/mol. The molecular formula is C23H25FN4O2. The summed E-state index contributed by atoms with van der Waals surface area (Å²) in [4.78, 5) is 19.2. The standard InChI is InChI=1S/C23H25FN4O2/c1-15-13-22(20-14-19(30-2)7-8-21(20)25-15)28-11-9-18(10-12-28)27-23(29)26-17-5-3-16(24)4-6-17/h3-8,13-14,18H,9-12H2,1-2H3,(H2,26,27,29). The Morgan fingerprint density at radius 1 is 1.13 bits per heavy atom. The van der Waals surface area contributed by atoms with Gasteiger partial charge in [0.05, 0.1) is 12.6 Å². The van der Waals surface area contributed by atoms with Gasteiger partial charge in [0.25, 0.3) is 0 Å². The maximum atomic E-state index is 13.0. The zero-order chi connectivity index (χ0) is 21.1. The molecule has 0 saturated carbocycles. The molecule has 1 aliphatic rings. The fourth-order valence-corrected chi connectivity index (χ4v) is 3.85. The molecule has 3 aromatic rings. The van der Waals surface area contributed by atoms with Crippen molar-refractivity contribution >= 4 is 28.3 Å². The molecule has 0 bridgehead atoms. The Labute approximate surface area is 175 Å². The summed E-state index contributed by atoms with van der Waals surface area (Å²) in [7, 11) is 1.66. The van der Waals surface area contributed by atoms with E-state index in [1.54, 1.807) is 19.2 Å². The molecule has 4 rings (SSSR count). The van der Waals surface area contributed by atoms with Crippen LogP contribution in [0.2, 0.25) is 0 Å². The fourth-order valence-electron chi connectivity index (χ4n) is 3.85. The van der Waals surface area contributed by atoms with Crippen molar-refractivity contribution in [1.82, 2.24) is 10.3 Å². The zero-order valence-corrected chi connectivity index (χ0v) is 17.1. The normalized spacial score (nSPS) is 14.6. The molecule has 1 aliphatic heterocycles. The fraction of sp³-hybridized carbons (Fsp3) is 0.304. The SMILES string of the molecule is COc1ccc2nc(C)cc(N3CCC(NC(=O)Nc4ccc(F)cc4)CC3)c2c1. The molecule has 2 aromatic carbocycles. The van der Waals surface area contributed by atoms with Gasteiger partial charge in [0.2, 0.25) is 0 Å². The van der Waals surface area contributed by atoms with Gasteiger partial charge in [-0.1, -0.05) is 0 Å². The molecule has 0 aliphatic carbocycles. The van der Waals surface area contributed by atoms with Crippen molar-refractivity contribution in [2.75, 3.05) is 30.4 Å². The van der Waals surface area contributed by atoms with Gasteiger partial charge in [0.15, 0.2) is 0 Å². The molecule has 0 unspecified atom stereocenters. The van der Waals surface area contributed by atoms with E-state index in [0.717, 1.165) is 54.0 Å². The minimum absolute atomic E-state index is 0.0884. The number of ether oxygens (including phenoxy) is 1. The molecule has 0 spiro atoms. The molecule has 6 nitrogen and oxygen atoms in total. The minimum atomic E-state index is -0.329. The highest BCUT2D eigenvalue weighted by atomic mass is 19.1. The summed E-state index contributed by atoms with van der Waals surface area (Å²) in [6.07, 6.45) is 1.67. The number of fused-ring (bicyclic) bond motifs is 1. The molecule has 0 radical (unpaired) electrons. The van der Waals surface area contributed by atoms with Gasteiger partial charge in [-0.15, -0.1) is 0 Å². The van der Waals surface area contributed by atoms with Gasteiger partial charge in [0, 0.05) is 41.6 Å². The first-order valence-electron chi connectivity index (χ1n) is 10.1. The van der Waals surface area contributed by atoms with Crippen molar-refractivity contribution in [1.29, 1.82) is 0 Å². The molecule has 30 heavy (non-hydrogen) atoms. The number of piperidine rings is 1. The monoisotopic (exact) mass is 408 g/mol. The van der Waals surface area contributed by atoms with E-state index in [9.17, 15) is 9.18 Å². The topological polar surface area (TPSA) is 66.5 Å². The predicted molar refractivity (Wildman–Crippen MR) is 117 cm³/mol. The van der Waals surface area contributed by atoms with E-state index in [1.165, 1.54) is 12.1 Å². The third-order valence-electron chi connectivity index (χ3n) is 5.40. The van der Waals surface area contributed by atoms with Crippen LogP contribution in [0.3, 0.4) is 0 Å². The Balaban J connectivity index is 1.41. The quantitative estimate of drug-likeness (QED) is 0.668. The van der Waals surface area contributed by atoms with Crippen LogP contribution in [0, 0.1) is 12.7 Å². The number of hydrogen-bond donors (Lipinski definition) is 2. The molecule has 7 heteroatoms. The molecule has 1 fully saturated rings. The van der Waals surface area contributed by atoms with E-state index >= 15 is 0 Å². The van der Waals surface area contributed by atoms with E-state index in [2.05, 4.69) is 26.6 Å². The van der Waals surface area contributed by atoms with Gasteiger partial charge in [0.1, 0.15) is 11.6 Å². The molecule has 2 heterocycles. The summed E-state index contributed by atoms with van der Waals surface area (Å²) >= 11 is 0. The van der Waals surface area contributed by atoms with Crippen LogP contribution in [0.25, 0.3) is 10.9 Å². The lowest BCUT2D eigenvalue weighted by atomic mass is 10.0. The van der Waals surface area contributed by atoms with Crippen LogP contribution in [0.5, 0.6) is 5.75 Å². The highest BCUT2D eigenvalue weighted by Gasteiger charge is 2.22. The number of amides is 2. The number of nitrogens with zero attached hydrogens (tertiary/aromatic N) is 2. The van der Waals surface area contributed by atoms with E-state index in [-0.39, 0.29) is 17.9 Å². The highest BCUT2D eigenvalue weighted by Crippen LogP contribution is 2.31. The molecule has 1 aromatic heterocycles. The number of rotatable bonds is 4. The first kappa shape index (κ1) is 19.9. The van der Waals surface area contributed by atoms with E-state index in [4.69, 9.17) is 4.74 Å². The Bertz CT molecular complexity index is 1050. The molecule has 156 valence electrons. The summed E-state index contributed by atoms with van der Waals surface area (Å²) in [6.45, 7) is 3.66. The lowest BCUT2D eigenvalue weighted by Gasteiger charge is -2.34. The number of halogens is 1. The summed E-state index contributed by atoms with van der Waals surface area (Å²) < 4.78 is 18.4. The van der Waals surface area contributed by atoms with Crippen LogP contribution in [0.1, 0.15) is 18.5 Å². The number of methoxy groups -OCH3 is 1. The lowest BCUT2D eigenvalue weighted by Crippen LogP contribution is -2.46. The van der Waals surface area contributed by atoms with Crippen molar-refractivity contribution in [3.05, 3.63) is 60.0 Å². The van der Waals surface area contributed by atoms with Crippen LogP contribution in [0.4, 0.5) is 20.6 Å². The van der Waals surface area contributed by atoms with Crippen molar-refractivity contribution in [2.24, 2.45) is 0 Å². The summed E-state index contributed by atoms with van der Waals surface area (Å²) in [5.74, 6) is 0.480. The minimum Gasteiger partial charge on any atom is -0.497 e. The van der Waals surface area contributed by atoms with Crippen LogP contribution in [-0.2, 0) is 0 Å². The van der Waals surface area contributed by atoms with Gasteiger partial charge in [-0.3, -0.25) is 4.98 Å². The average Bonchev–Trinajstić information content (AvgIpc) is 2.75. The number of carbonyl (C=O) groups is 1.